The number of anilines is 1. The molecule has 2 rings (SSSR count). The maximum Gasteiger partial charge on any atom is 0.233 e. The predicted molar refractivity (Wildman–Crippen MR) is 69.8 cm³/mol. The molecule has 1 fully saturated rings. The minimum atomic E-state index is -0.0983. The van der Waals surface area contributed by atoms with Crippen molar-refractivity contribution in [2.45, 2.75) is 32.6 Å². The van der Waals surface area contributed by atoms with E-state index in [9.17, 15) is 9.59 Å². The molecule has 1 aromatic carbocycles. The molecule has 0 N–H and O–H groups in total. The molecule has 1 aliphatic rings. The Morgan fingerprint density at radius 3 is 2.29 bits per heavy atom. The summed E-state index contributed by atoms with van der Waals surface area (Å²) in [4.78, 5) is 25.3. The molecule has 0 aromatic heterocycles. The van der Waals surface area contributed by atoms with Crippen molar-refractivity contribution in [1.29, 1.82) is 0 Å². The van der Waals surface area contributed by atoms with E-state index in [1.165, 1.54) is 4.90 Å². The van der Waals surface area contributed by atoms with Crippen molar-refractivity contribution in [3.05, 3.63) is 28.2 Å². The molecular weight excluding hydrogens is 282 g/mol. The third kappa shape index (κ3) is 2.41. The van der Waals surface area contributed by atoms with Crippen LogP contribution in [0.1, 0.15) is 31.2 Å². The topological polar surface area (TPSA) is 37.4 Å². The minimum Gasteiger partial charge on any atom is -0.274 e. The van der Waals surface area contributed by atoms with Gasteiger partial charge in [-0.15, -0.1) is 0 Å². The summed E-state index contributed by atoms with van der Waals surface area (Å²) in [6, 6.07) is 5.61. The largest absolute Gasteiger partial charge is 0.274 e. The van der Waals surface area contributed by atoms with Gasteiger partial charge < -0.3 is 0 Å². The Hall–Kier alpha value is -1.16. The number of imide groups is 1. The van der Waals surface area contributed by atoms with Crippen LogP contribution >= 0.6 is 15.9 Å². The third-order valence-corrected chi connectivity index (χ3v) is 3.97. The molecule has 0 bridgehead atoms. The van der Waals surface area contributed by atoms with E-state index in [4.69, 9.17) is 0 Å². The highest BCUT2D eigenvalue weighted by atomic mass is 79.9. The normalized spacial score (nSPS) is 17.2. The summed E-state index contributed by atoms with van der Waals surface area (Å²) >= 11 is 3.45. The molecule has 3 nitrogen and oxygen atoms in total. The lowest BCUT2D eigenvalue weighted by Crippen LogP contribution is -2.35. The van der Waals surface area contributed by atoms with E-state index in [-0.39, 0.29) is 11.8 Å². The van der Waals surface area contributed by atoms with Crippen molar-refractivity contribution in [1.82, 2.24) is 0 Å². The molecule has 1 aliphatic heterocycles. The zero-order valence-electron chi connectivity index (χ0n) is 9.70. The Bertz CT molecular complexity index is 452. The maximum atomic E-state index is 12.0. The van der Waals surface area contributed by atoms with Gasteiger partial charge in [0.2, 0.25) is 11.8 Å². The molecule has 90 valence electrons. The number of nitrogens with zero attached hydrogens (tertiary/aromatic N) is 1. The van der Waals surface area contributed by atoms with Gasteiger partial charge in [0.25, 0.3) is 0 Å². The number of aryl methyl sites for hydroxylation is 1. The van der Waals surface area contributed by atoms with Crippen LogP contribution in [-0.4, -0.2) is 11.8 Å². The smallest absolute Gasteiger partial charge is 0.233 e. The quantitative estimate of drug-likeness (QED) is 0.746. The molecule has 1 aromatic rings. The maximum absolute atomic E-state index is 12.0. The number of carbonyl (C=O) groups is 2. The molecule has 2 amide bonds. The van der Waals surface area contributed by atoms with Gasteiger partial charge in [-0.25, -0.2) is 4.90 Å². The van der Waals surface area contributed by atoms with Gasteiger partial charge in [-0.05, 0) is 47.3 Å². The lowest BCUT2D eigenvalue weighted by molar-refractivity contribution is -0.125. The summed E-state index contributed by atoms with van der Waals surface area (Å²) in [7, 11) is 0. The summed E-state index contributed by atoms with van der Waals surface area (Å²) in [5.74, 6) is -0.197. The number of hydrogen-bond acceptors (Lipinski definition) is 2. The van der Waals surface area contributed by atoms with E-state index < -0.39 is 0 Å². The average molecular weight is 296 g/mol. The Kier molecular flexibility index (Phi) is 3.62. The van der Waals surface area contributed by atoms with Crippen molar-refractivity contribution < 1.29 is 9.59 Å². The molecule has 0 saturated carbocycles. The number of benzene rings is 1. The standard InChI is InChI=1S/C13H14BrNO2/c1-9-5-4-6-10(13(9)14)15-11(16)7-2-3-8-12(15)17/h4-6H,2-3,7-8H2,1H3. The molecule has 1 saturated heterocycles. The first-order valence-electron chi connectivity index (χ1n) is 5.72. The van der Waals surface area contributed by atoms with Crippen LogP contribution < -0.4 is 4.90 Å². The summed E-state index contributed by atoms with van der Waals surface area (Å²) in [5.41, 5.74) is 1.69. The monoisotopic (exact) mass is 295 g/mol. The van der Waals surface area contributed by atoms with Gasteiger partial charge in [0.15, 0.2) is 0 Å². The van der Waals surface area contributed by atoms with Crippen molar-refractivity contribution in [3.63, 3.8) is 0 Å². The van der Waals surface area contributed by atoms with E-state index in [2.05, 4.69) is 15.9 Å². The van der Waals surface area contributed by atoms with E-state index in [0.717, 1.165) is 22.9 Å². The predicted octanol–water partition coefficient (Wildman–Crippen LogP) is 3.19. The van der Waals surface area contributed by atoms with E-state index in [0.29, 0.717) is 18.5 Å². The van der Waals surface area contributed by atoms with Crippen LogP contribution in [0, 0.1) is 6.92 Å². The van der Waals surface area contributed by atoms with Crippen LogP contribution in [0.4, 0.5) is 5.69 Å². The van der Waals surface area contributed by atoms with E-state index in [1.54, 1.807) is 6.07 Å². The van der Waals surface area contributed by atoms with Crippen LogP contribution in [0.3, 0.4) is 0 Å². The summed E-state index contributed by atoms with van der Waals surface area (Å²) in [6.45, 7) is 1.94. The van der Waals surface area contributed by atoms with Crippen LogP contribution in [0.5, 0.6) is 0 Å². The van der Waals surface area contributed by atoms with Gasteiger partial charge in [0, 0.05) is 17.3 Å². The van der Waals surface area contributed by atoms with Gasteiger partial charge in [0.05, 0.1) is 5.69 Å². The molecule has 0 unspecified atom stereocenters. The summed E-state index contributed by atoms with van der Waals surface area (Å²) in [5, 5.41) is 0. The average Bonchev–Trinajstić information content (AvgIpc) is 2.45. The van der Waals surface area contributed by atoms with Crippen molar-refractivity contribution in [2.75, 3.05) is 4.90 Å². The number of halogens is 1. The Morgan fingerprint density at radius 1 is 1.12 bits per heavy atom. The molecule has 0 radical (unpaired) electrons. The SMILES string of the molecule is Cc1cccc(N2C(=O)CCCCC2=O)c1Br. The zero-order valence-corrected chi connectivity index (χ0v) is 11.3. The van der Waals surface area contributed by atoms with Crippen molar-refractivity contribution >= 4 is 33.4 Å². The van der Waals surface area contributed by atoms with Crippen molar-refractivity contribution in [3.8, 4) is 0 Å². The number of rotatable bonds is 1. The van der Waals surface area contributed by atoms with Crippen LogP contribution in [-0.2, 0) is 9.59 Å². The molecular formula is C13H14BrNO2. The first-order chi connectivity index (χ1) is 8.11. The van der Waals surface area contributed by atoms with Gasteiger partial charge in [-0.2, -0.15) is 0 Å². The van der Waals surface area contributed by atoms with E-state index in [1.807, 2.05) is 19.1 Å². The lowest BCUT2D eigenvalue weighted by Gasteiger charge is -2.20. The highest BCUT2D eigenvalue weighted by Crippen LogP contribution is 2.31. The summed E-state index contributed by atoms with van der Waals surface area (Å²) in [6.07, 6.45) is 2.49. The Morgan fingerprint density at radius 2 is 1.71 bits per heavy atom. The van der Waals surface area contributed by atoms with E-state index >= 15 is 0 Å². The first kappa shape index (κ1) is 12.3. The lowest BCUT2D eigenvalue weighted by atomic mass is 10.2. The molecule has 0 spiro atoms. The molecule has 0 aliphatic carbocycles. The fourth-order valence-electron chi connectivity index (χ4n) is 1.99. The van der Waals surface area contributed by atoms with Gasteiger partial charge in [-0.1, -0.05) is 12.1 Å². The molecule has 17 heavy (non-hydrogen) atoms. The van der Waals surface area contributed by atoms with Gasteiger partial charge in [-0.3, -0.25) is 9.59 Å². The Balaban J connectivity index is 2.45. The molecule has 0 atom stereocenters. The number of hydrogen-bond donors (Lipinski definition) is 0. The molecule has 1 heterocycles. The first-order valence-corrected chi connectivity index (χ1v) is 6.51. The fraction of sp³-hybridized carbons (Fsp3) is 0.385. The van der Waals surface area contributed by atoms with Crippen molar-refractivity contribution in [2.24, 2.45) is 0 Å². The minimum absolute atomic E-state index is 0.0983. The van der Waals surface area contributed by atoms with Crippen LogP contribution in [0.2, 0.25) is 0 Å². The third-order valence-electron chi connectivity index (χ3n) is 2.94. The highest BCUT2D eigenvalue weighted by molar-refractivity contribution is 9.10. The Labute approximate surface area is 109 Å². The van der Waals surface area contributed by atoms with Crippen LogP contribution in [0.15, 0.2) is 22.7 Å². The highest BCUT2D eigenvalue weighted by Gasteiger charge is 2.27. The number of amides is 2. The molecule has 4 heteroatoms. The zero-order chi connectivity index (χ0) is 12.4. The van der Waals surface area contributed by atoms with Gasteiger partial charge in [0.1, 0.15) is 0 Å². The van der Waals surface area contributed by atoms with Gasteiger partial charge >= 0.3 is 0 Å². The second-order valence-corrected chi connectivity index (χ2v) is 5.03. The van der Waals surface area contributed by atoms with Crippen LogP contribution in [0.25, 0.3) is 0 Å². The fourth-order valence-corrected chi connectivity index (χ4v) is 2.43. The second-order valence-electron chi connectivity index (χ2n) is 4.24. The second kappa shape index (κ2) is 5.00. The summed E-state index contributed by atoms with van der Waals surface area (Å²) < 4.78 is 0.823. The number of carbonyl (C=O) groups excluding carboxylic acids is 2.